The molecule has 8 heteroatoms. The van der Waals surface area contributed by atoms with Crippen LogP contribution in [-0.2, 0) is 14.8 Å². The monoisotopic (exact) mass is 379 g/mol. The molecular weight excluding hydrogens is 354 g/mol. The molecule has 0 fully saturated rings. The Labute approximate surface area is 154 Å². The molecule has 1 aromatic heterocycles. The smallest absolute Gasteiger partial charge is 0.246 e. The lowest BCUT2D eigenvalue weighted by Crippen LogP contribution is -2.45. The van der Waals surface area contributed by atoms with Crippen molar-refractivity contribution in [1.82, 2.24) is 15.2 Å². The van der Waals surface area contributed by atoms with E-state index < -0.39 is 16.1 Å². The van der Waals surface area contributed by atoms with Crippen molar-refractivity contribution in [2.45, 2.75) is 51.0 Å². The molecule has 142 valence electrons. The number of nitrogens with zero attached hydrogens (tertiary/aromatic N) is 1. The lowest BCUT2D eigenvalue weighted by atomic mass is 9.96. The quantitative estimate of drug-likeness (QED) is 0.733. The Hall–Kier alpha value is -2.19. The number of aromatic nitrogens is 1. The third-order valence-electron chi connectivity index (χ3n) is 4.25. The van der Waals surface area contributed by atoms with Gasteiger partial charge in [0, 0.05) is 12.5 Å². The number of sulfonamides is 1. The zero-order valence-electron chi connectivity index (χ0n) is 15.4. The minimum atomic E-state index is -3.89. The van der Waals surface area contributed by atoms with E-state index in [4.69, 9.17) is 4.52 Å². The van der Waals surface area contributed by atoms with Crippen molar-refractivity contribution in [3.05, 3.63) is 47.3 Å². The van der Waals surface area contributed by atoms with Crippen molar-refractivity contribution in [3.8, 4) is 0 Å². The Balaban J connectivity index is 1.99. The van der Waals surface area contributed by atoms with Gasteiger partial charge in [0.1, 0.15) is 10.6 Å². The molecule has 0 aliphatic rings. The molecule has 1 heterocycles. The third-order valence-corrected chi connectivity index (χ3v) is 6.03. The summed E-state index contributed by atoms with van der Waals surface area (Å²) in [6.07, 6.45) is 0.865. The second-order valence-corrected chi connectivity index (χ2v) is 7.91. The molecule has 0 radical (unpaired) electrons. The van der Waals surface area contributed by atoms with Crippen LogP contribution in [0.1, 0.15) is 43.2 Å². The van der Waals surface area contributed by atoms with Crippen molar-refractivity contribution in [3.63, 3.8) is 0 Å². The number of carbonyl (C=O) groups is 1. The first-order chi connectivity index (χ1) is 12.3. The van der Waals surface area contributed by atoms with Gasteiger partial charge in [0.25, 0.3) is 0 Å². The lowest BCUT2D eigenvalue weighted by Gasteiger charge is -2.19. The number of nitrogens with one attached hydrogen (secondary N) is 2. The molecule has 0 aliphatic carbocycles. The average molecular weight is 379 g/mol. The van der Waals surface area contributed by atoms with Crippen LogP contribution >= 0.6 is 0 Å². The Kier molecular flexibility index (Phi) is 6.55. The molecule has 2 aromatic rings. The second-order valence-electron chi connectivity index (χ2n) is 6.26. The molecule has 2 N–H and O–H groups in total. The van der Waals surface area contributed by atoms with Gasteiger partial charge in [-0.05, 0) is 32.8 Å². The summed E-state index contributed by atoms with van der Waals surface area (Å²) in [4.78, 5) is 12.3. The van der Waals surface area contributed by atoms with Crippen molar-refractivity contribution in [1.29, 1.82) is 0 Å². The van der Waals surface area contributed by atoms with E-state index in [1.165, 1.54) is 13.8 Å². The number of hydrogen-bond acceptors (Lipinski definition) is 5. The van der Waals surface area contributed by atoms with Crippen LogP contribution in [0, 0.1) is 13.8 Å². The van der Waals surface area contributed by atoms with Crippen molar-refractivity contribution in [2.24, 2.45) is 0 Å². The highest BCUT2D eigenvalue weighted by molar-refractivity contribution is 7.89. The second kappa shape index (κ2) is 8.46. The number of rotatable bonds is 8. The molecule has 26 heavy (non-hydrogen) atoms. The van der Waals surface area contributed by atoms with E-state index >= 15 is 0 Å². The SMILES string of the molecule is CC[C@H](CNC(=O)[C@@H](C)NS(=O)(=O)c1c(C)noc1C)c1ccccc1. The van der Waals surface area contributed by atoms with Crippen LogP contribution in [0.15, 0.2) is 39.8 Å². The molecule has 2 rings (SSSR count). The van der Waals surface area contributed by atoms with Gasteiger partial charge in [-0.2, -0.15) is 4.72 Å². The Bertz CT molecular complexity index is 827. The fourth-order valence-corrected chi connectivity index (χ4v) is 4.34. The van der Waals surface area contributed by atoms with Crippen LogP contribution in [0.5, 0.6) is 0 Å². The lowest BCUT2D eigenvalue weighted by molar-refractivity contribution is -0.122. The summed E-state index contributed by atoms with van der Waals surface area (Å²) >= 11 is 0. The Morgan fingerprint density at radius 2 is 1.88 bits per heavy atom. The first-order valence-electron chi connectivity index (χ1n) is 8.54. The number of hydrogen-bond donors (Lipinski definition) is 2. The summed E-state index contributed by atoms with van der Waals surface area (Å²) < 4.78 is 32.2. The van der Waals surface area contributed by atoms with Gasteiger partial charge in [0.2, 0.25) is 15.9 Å². The first-order valence-corrected chi connectivity index (χ1v) is 10.0. The molecule has 0 saturated carbocycles. The number of aryl methyl sites for hydroxylation is 2. The van der Waals surface area contributed by atoms with Crippen LogP contribution in [0.2, 0.25) is 0 Å². The van der Waals surface area contributed by atoms with E-state index in [0.717, 1.165) is 12.0 Å². The minimum absolute atomic E-state index is 0.0205. The Morgan fingerprint density at radius 1 is 1.23 bits per heavy atom. The van der Waals surface area contributed by atoms with E-state index in [9.17, 15) is 13.2 Å². The number of carbonyl (C=O) groups excluding carboxylic acids is 1. The van der Waals surface area contributed by atoms with Crippen LogP contribution in [0.3, 0.4) is 0 Å². The number of benzene rings is 1. The summed E-state index contributed by atoms with van der Waals surface area (Å²) in [5.41, 5.74) is 1.40. The summed E-state index contributed by atoms with van der Waals surface area (Å²) in [6.45, 7) is 7.06. The maximum atomic E-state index is 12.5. The van der Waals surface area contributed by atoms with Gasteiger partial charge >= 0.3 is 0 Å². The molecule has 2 atom stereocenters. The van der Waals surface area contributed by atoms with Crippen molar-refractivity contribution < 1.29 is 17.7 Å². The van der Waals surface area contributed by atoms with E-state index in [-0.39, 0.29) is 28.2 Å². The fourth-order valence-electron chi connectivity index (χ4n) is 2.80. The fraction of sp³-hybridized carbons (Fsp3) is 0.444. The van der Waals surface area contributed by atoms with Crippen molar-refractivity contribution >= 4 is 15.9 Å². The predicted octanol–water partition coefficient (Wildman–Crippen LogP) is 2.27. The van der Waals surface area contributed by atoms with Gasteiger partial charge in [-0.15, -0.1) is 0 Å². The molecule has 1 amide bonds. The maximum Gasteiger partial charge on any atom is 0.246 e. The Morgan fingerprint density at radius 3 is 2.42 bits per heavy atom. The third kappa shape index (κ3) is 4.70. The van der Waals surface area contributed by atoms with Crippen LogP contribution in [0.4, 0.5) is 0 Å². The summed E-state index contributed by atoms with van der Waals surface area (Å²) in [6, 6.07) is 8.98. The molecule has 1 aromatic carbocycles. The van der Waals surface area contributed by atoms with Crippen LogP contribution in [-0.4, -0.2) is 32.1 Å². The van der Waals surface area contributed by atoms with Gasteiger partial charge in [-0.3, -0.25) is 4.79 Å². The predicted molar refractivity (Wildman–Crippen MR) is 98.2 cm³/mol. The van der Waals surface area contributed by atoms with Gasteiger partial charge in [-0.1, -0.05) is 42.4 Å². The maximum absolute atomic E-state index is 12.5. The standard InChI is InChI=1S/C18H25N3O4S/c1-5-15(16-9-7-6-8-10-16)11-19-18(22)13(3)21-26(23,24)17-12(2)20-25-14(17)4/h6-10,13,15,21H,5,11H2,1-4H3,(H,19,22)/t13-,15-/m1/s1. The van der Waals surface area contributed by atoms with Crippen LogP contribution in [0.25, 0.3) is 0 Å². The molecule has 0 unspecified atom stereocenters. The summed E-state index contributed by atoms with van der Waals surface area (Å²) in [7, 11) is -3.89. The highest BCUT2D eigenvalue weighted by Gasteiger charge is 2.28. The molecule has 0 saturated heterocycles. The van der Waals surface area contributed by atoms with Gasteiger partial charge in [-0.25, -0.2) is 8.42 Å². The molecule has 7 nitrogen and oxygen atoms in total. The zero-order chi connectivity index (χ0) is 19.3. The molecular formula is C18H25N3O4S. The topological polar surface area (TPSA) is 101 Å². The normalized spacial score (nSPS) is 14.0. The van der Waals surface area contributed by atoms with Gasteiger partial charge in [0.05, 0.1) is 6.04 Å². The van der Waals surface area contributed by atoms with Crippen molar-refractivity contribution in [2.75, 3.05) is 6.54 Å². The largest absolute Gasteiger partial charge is 0.360 e. The van der Waals surface area contributed by atoms with Gasteiger partial charge < -0.3 is 9.84 Å². The first kappa shape index (κ1) is 20.1. The molecule has 0 aliphatic heterocycles. The molecule has 0 bridgehead atoms. The average Bonchev–Trinajstić information content (AvgIpc) is 2.95. The molecule has 0 spiro atoms. The zero-order valence-corrected chi connectivity index (χ0v) is 16.3. The summed E-state index contributed by atoms with van der Waals surface area (Å²) in [5.74, 6) is -0.0148. The van der Waals surface area contributed by atoms with E-state index in [1.54, 1.807) is 6.92 Å². The van der Waals surface area contributed by atoms with E-state index in [0.29, 0.717) is 6.54 Å². The van der Waals surface area contributed by atoms with Crippen LogP contribution < -0.4 is 10.0 Å². The minimum Gasteiger partial charge on any atom is -0.360 e. The highest BCUT2D eigenvalue weighted by Crippen LogP contribution is 2.19. The van der Waals surface area contributed by atoms with Gasteiger partial charge in [0.15, 0.2) is 5.76 Å². The van der Waals surface area contributed by atoms with E-state index in [1.807, 2.05) is 37.3 Å². The number of amides is 1. The van der Waals surface area contributed by atoms with E-state index in [2.05, 4.69) is 15.2 Å². The summed E-state index contributed by atoms with van der Waals surface area (Å²) in [5, 5.41) is 6.47. The highest BCUT2D eigenvalue weighted by atomic mass is 32.2.